The summed E-state index contributed by atoms with van der Waals surface area (Å²) in [6.07, 6.45) is 0. The van der Waals surface area contributed by atoms with E-state index in [9.17, 15) is 4.39 Å². The van der Waals surface area contributed by atoms with Crippen molar-refractivity contribution in [3.63, 3.8) is 0 Å². The van der Waals surface area contributed by atoms with Gasteiger partial charge >= 0.3 is 0 Å². The minimum absolute atomic E-state index is 0.261. The highest BCUT2D eigenvalue weighted by Gasteiger charge is 2.03. The van der Waals surface area contributed by atoms with Gasteiger partial charge < -0.3 is 4.74 Å². The molecule has 1 rings (SSSR count). The van der Waals surface area contributed by atoms with E-state index >= 15 is 0 Å². The second kappa shape index (κ2) is 3.39. The zero-order chi connectivity index (χ0) is 9.14. The summed E-state index contributed by atoms with van der Waals surface area (Å²) in [5, 5.41) is 0. The van der Waals surface area contributed by atoms with Gasteiger partial charge in [-0.2, -0.15) is 0 Å². The first-order chi connectivity index (χ1) is 5.65. The monoisotopic (exact) mass is 166 g/mol. The summed E-state index contributed by atoms with van der Waals surface area (Å²) in [6.45, 7) is 5.43. The van der Waals surface area contributed by atoms with Gasteiger partial charge in [-0.25, -0.2) is 4.39 Å². The average Bonchev–Trinajstić information content (AvgIpc) is 2.05. The smallest absolute Gasteiger partial charge is 0.130 e. The van der Waals surface area contributed by atoms with Crippen LogP contribution in [0.25, 0.3) is 5.57 Å². The SMILES string of the molecule is C=C(C)c1cc(OC)ccc1F. The van der Waals surface area contributed by atoms with Crippen molar-refractivity contribution in [3.05, 3.63) is 36.2 Å². The topological polar surface area (TPSA) is 9.23 Å². The molecule has 0 aliphatic heterocycles. The maximum Gasteiger partial charge on any atom is 0.130 e. The van der Waals surface area contributed by atoms with Crippen LogP contribution in [0.2, 0.25) is 0 Å². The third kappa shape index (κ3) is 1.64. The summed E-state index contributed by atoms with van der Waals surface area (Å²) in [5.74, 6) is 0.387. The lowest BCUT2D eigenvalue weighted by molar-refractivity contribution is 0.413. The maximum absolute atomic E-state index is 13.0. The molecule has 0 radical (unpaired) electrons. The van der Waals surface area contributed by atoms with E-state index in [-0.39, 0.29) is 5.82 Å². The molecule has 1 aromatic carbocycles. The highest BCUT2D eigenvalue weighted by atomic mass is 19.1. The lowest BCUT2D eigenvalue weighted by Crippen LogP contribution is -1.88. The molecule has 0 spiro atoms. The standard InChI is InChI=1S/C10H11FO/c1-7(2)9-6-8(12-3)4-5-10(9)11/h4-6H,1H2,2-3H3. The molecule has 0 bridgehead atoms. The molecular formula is C10H11FO. The molecule has 1 aromatic rings. The molecule has 12 heavy (non-hydrogen) atoms. The molecule has 0 fully saturated rings. The van der Waals surface area contributed by atoms with Crippen LogP contribution in [0.1, 0.15) is 12.5 Å². The van der Waals surface area contributed by atoms with Crippen LogP contribution >= 0.6 is 0 Å². The predicted molar refractivity (Wildman–Crippen MR) is 47.7 cm³/mol. The van der Waals surface area contributed by atoms with Crippen LogP contribution in [0.3, 0.4) is 0 Å². The number of allylic oxidation sites excluding steroid dienone is 1. The number of benzene rings is 1. The average molecular weight is 166 g/mol. The second-order valence-electron chi connectivity index (χ2n) is 2.63. The van der Waals surface area contributed by atoms with E-state index in [1.807, 2.05) is 0 Å². The van der Waals surface area contributed by atoms with Gasteiger partial charge in [-0.1, -0.05) is 6.58 Å². The van der Waals surface area contributed by atoms with Gasteiger partial charge in [-0.3, -0.25) is 0 Å². The first kappa shape index (κ1) is 8.78. The number of hydrogen-bond donors (Lipinski definition) is 0. The van der Waals surface area contributed by atoms with Gasteiger partial charge in [0.1, 0.15) is 11.6 Å². The van der Waals surface area contributed by atoms with Crippen molar-refractivity contribution in [1.29, 1.82) is 0 Å². The van der Waals surface area contributed by atoms with Crippen molar-refractivity contribution in [2.24, 2.45) is 0 Å². The highest BCUT2D eigenvalue weighted by Crippen LogP contribution is 2.21. The molecule has 0 aliphatic carbocycles. The Morgan fingerprint density at radius 3 is 2.67 bits per heavy atom. The van der Waals surface area contributed by atoms with E-state index in [1.165, 1.54) is 6.07 Å². The summed E-state index contributed by atoms with van der Waals surface area (Å²) in [5.41, 5.74) is 1.21. The Bertz CT molecular complexity index is 305. The minimum Gasteiger partial charge on any atom is -0.497 e. The molecule has 2 heteroatoms. The number of hydrogen-bond acceptors (Lipinski definition) is 1. The van der Waals surface area contributed by atoms with Gasteiger partial charge in [0.15, 0.2) is 0 Å². The molecule has 0 amide bonds. The van der Waals surface area contributed by atoms with Gasteiger partial charge in [-0.15, -0.1) is 0 Å². The molecule has 0 saturated carbocycles. The Morgan fingerprint density at radius 1 is 1.50 bits per heavy atom. The lowest BCUT2D eigenvalue weighted by Gasteiger charge is -2.04. The summed E-state index contributed by atoms with van der Waals surface area (Å²) in [7, 11) is 1.55. The van der Waals surface area contributed by atoms with Gasteiger partial charge in [0.05, 0.1) is 7.11 Å². The Balaban J connectivity index is 3.17. The van der Waals surface area contributed by atoms with E-state index < -0.39 is 0 Å². The number of methoxy groups -OCH3 is 1. The number of ether oxygens (including phenoxy) is 1. The molecule has 0 atom stereocenters. The lowest BCUT2D eigenvalue weighted by atomic mass is 10.1. The van der Waals surface area contributed by atoms with Gasteiger partial charge in [0.25, 0.3) is 0 Å². The summed E-state index contributed by atoms with van der Waals surface area (Å²) in [4.78, 5) is 0. The zero-order valence-corrected chi connectivity index (χ0v) is 7.23. The minimum atomic E-state index is -0.261. The quantitative estimate of drug-likeness (QED) is 0.656. The molecule has 0 N–H and O–H groups in total. The van der Waals surface area contributed by atoms with Crippen molar-refractivity contribution in [3.8, 4) is 5.75 Å². The molecule has 0 heterocycles. The van der Waals surface area contributed by atoms with Crippen molar-refractivity contribution >= 4 is 5.57 Å². The maximum atomic E-state index is 13.0. The van der Waals surface area contributed by atoms with Crippen LogP contribution in [0.15, 0.2) is 24.8 Å². The predicted octanol–water partition coefficient (Wildman–Crippen LogP) is 2.87. The first-order valence-electron chi connectivity index (χ1n) is 3.64. The highest BCUT2D eigenvalue weighted by molar-refractivity contribution is 5.63. The van der Waals surface area contributed by atoms with Crippen LogP contribution < -0.4 is 4.74 Å². The molecule has 1 nitrogen and oxygen atoms in total. The van der Waals surface area contributed by atoms with Crippen LogP contribution in [-0.2, 0) is 0 Å². The van der Waals surface area contributed by atoms with E-state index in [0.29, 0.717) is 16.9 Å². The van der Waals surface area contributed by atoms with Gasteiger partial charge in [-0.05, 0) is 30.7 Å². The van der Waals surface area contributed by atoms with Gasteiger partial charge in [0, 0.05) is 5.56 Å². The van der Waals surface area contributed by atoms with Crippen molar-refractivity contribution in [2.45, 2.75) is 6.92 Å². The number of halogens is 1. The van der Waals surface area contributed by atoms with Crippen LogP contribution in [-0.4, -0.2) is 7.11 Å². The summed E-state index contributed by atoms with van der Waals surface area (Å²) >= 11 is 0. The molecule has 64 valence electrons. The van der Waals surface area contributed by atoms with E-state index in [2.05, 4.69) is 6.58 Å². The molecular weight excluding hydrogens is 155 g/mol. The Hall–Kier alpha value is -1.31. The Morgan fingerprint density at radius 2 is 2.17 bits per heavy atom. The fourth-order valence-corrected chi connectivity index (χ4v) is 0.958. The Kier molecular flexibility index (Phi) is 2.48. The molecule has 0 saturated heterocycles. The number of rotatable bonds is 2. The largest absolute Gasteiger partial charge is 0.497 e. The fourth-order valence-electron chi connectivity index (χ4n) is 0.958. The van der Waals surface area contributed by atoms with Crippen LogP contribution in [0, 0.1) is 5.82 Å². The molecule has 0 aromatic heterocycles. The third-order valence-corrected chi connectivity index (χ3v) is 1.63. The first-order valence-corrected chi connectivity index (χ1v) is 3.64. The normalized spacial score (nSPS) is 9.58. The van der Waals surface area contributed by atoms with E-state index in [1.54, 1.807) is 26.2 Å². The summed E-state index contributed by atoms with van der Waals surface area (Å²) < 4.78 is 18.0. The van der Waals surface area contributed by atoms with Crippen LogP contribution in [0.4, 0.5) is 4.39 Å². The van der Waals surface area contributed by atoms with Crippen molar-refractivity contribution in [1.82, 2.24) is 0 Å². The van der Waals surface area contributed by atoms with Crippen molar-refractivity contribution in [2.75, 3.05) is 7.11 Å². The van der Waals surface area contributed by atoms with Crippen LogP contribution in [0.5, 0.6) is 5.75 Å². The third-order valence-electron chi connectivity index (χ3n) is 1.63. The van der Waals surface area contributed by atoms with Gasteiger partial charge in [0.2, 0.25) is 0 Å². The summed E-state index contributed by atoms with van der Waals surface area (Å²) in [6, 6.07) is 4.60. The van der Waals surface area contributed by atoms with E-state index in [4.69, 9.17) is 4.74 Å². The molecule has 0 unspecified atom stereocenters. The second-order valence-corrected chi connectivity index (χ2v) is 2.63. The fraction of sp³-hybridized carbons (Fsp3) is 0.200. The van der Waals surface area contributed by atoms with Crippen molar-refractivity contribution < 1.29 is 9.13 Å². The van der Waals surface area contributed by atoms with E-state index in [0.717, 1.165) is 0 Å². The zero-order valence-electron chi connectivity index (χ0n) is 7.23. The molecule has 0 aliphatic rings. The Labute approximate surface area is 71.5 Å².